The van der Waals surface area contributed by atoms with E-state index in [1.165, 1.54) is 0 Å². The smallest absolute Gasteiger partial charge is 0.414 e. The Bertz CT molecular complexity index is 917. The molecular weight excluding hydrogens is 495 g/mol. The molecule has 0 aliphatic heterocycles. The van der Waals surface area contributed by atoms with Gasteiger partial charge in [0.25, 0.3) is 5.91 Å². The second-order valence-electron chi connectivity index (χ2n) is 5.33. The fourth-order valence-corrected chi connectivity index (χ4v) is 2.53. The van der Waals surface area contributed by atoms with E-state index >= 15 is 0 Å². The average Bonchev–Trinajstić information content (AvgIpc) is 2.71. The van der Waals surface area contributed by atoms with Gasteiger partial charge in [0, 0.05) is 20.8 Å². The van der Waals surface area contributed by atoms with E-state index in [4.69, 9.17) is 29.3 Å². The van der Waals surface area contributed by atoms with Crippen molar-refractivity contribution in [3.8, 4) is 11.5 Å². The number of hydrogen-bond donors (Lipinski definition) is 3. The number of benzene rings is 2. The maximum absolute atomic E-state index is 12.1. The zero-order valence-electron chi connectivity index (χ0n) is 15.8. The number of halogens is 1. The van der Waals surface area contributed by atoms with Crippen molar-refractivity contribution in [3.63, 3.8) is 0 Å². The van der Waals surface area contributed by atoms with E-state index in [-0.39, 0.29) is 5.91 Å². The number of hydrogen-bond acceptors (Lipinski definition) is 6. The normalized spacial score (nSPS) is 10.3. The Morgan fingerprint density at radius 1 is 1.00 bits per heavy atom. The van der Waals surface area contributed by atoms with Gasteiger partial charge in [0.2, 0.25) is 0 Å². The molecule has 0 aliphatic rings. The van der Waals surface area contributed by atoms with Crippen LogP contribution in [0.25, 0.3) is 0 Å². The van der Waals surface area contributed by atoms with Crippen LogP contribution < -0.4 is 14.9 Å². The predicted octanol–water partition coefficient (Wildman–Crippen LogP) is 2.62. The maximum Gasteiger partial charge on any atom is 0.414 e. The number of nitrogens with zero attached hydrogens (tertiary/aromatic N) is 1. The zero-order valence-corrected chi connectivity index (χ0v) is 18.0. The lowest BCUT2D eigenvalue weighted by Gasteiger charge is -2.10. The van der Waals surface area contributed by atoms with Crippen molar-refractivity contribution < 1.29 is 34.1 Å². The molecule has 3 N–H and O–H groups in total. The average molecular weight is 514 g/mol. The van der Waals surface area contributed by atoms with Gasteiger partial charge in [-0.25, -0.2) is 15.0 Å². The molecule has 0 spiro atoms. The monoisotopic (exact) mass is 514 g/mol. The SMILES string of the molecule is COc1ccc(/C(C)=N\NC(=O)c2cccc(I)c2)c(OC)c1.O=C(O)C(=O)O. The quantitative estimate of drug-likeness (QED) is 0.242. The molecule has 9 nitrogen and oxygen atoms in total. The predicted molar refractivity (Wildman–Crippen MR) is 114 cm³/mol. The number of hydrazone groups is 1. The van der Waals surface area contributed by atoms with Crippen LogP contribution in [0.2, 0.25) is 0 Å². The second-order valence-corrected chi connectivity index (χ2v) is 6.57. The van der Waals surface area contributed by atoms with Crippen molar-refractivity contribution in [1.29, 1.82) is 0 Å². The fraction of sp³-hybridized carbons (Fsp3) is 0.158. The highest BCUT2D eigenvalue weighted by atomic mass is 127. The zero-order chi connectivity index (χ0) is 22.0. The van der Waals surface area contributed by atoms with Gasteiger partial charge in [-0.3, -0.25) is 4.79 Å². The first kappa shape index (κ1) is 23.9. The Kier molecular flexibility index (Phi) is 9.59. The van der Waals surface area contributed by atoms with E-state index in [1.54, 1.807) is 39.3 Å². The molecule has 0 fully saturated rings. The number of carbonyl (C=O) groups excluding carboxylic acids is 1. The van der Waals surface area contributed by atoms with Gasteiger partial charge in [-0.2, -0.15) is 5.10 Å². The van der Waals surface area contributed by atoms with Crippen molar-refractivity contribution in [2.45, 2.75) is 6.92 Å². The van der Waals surface area contributed by atoms with Crippen LogP contribution in [0.1, 0.15) is 22.8 Å². The van der Waals surface area contributed by atoms with Crippen LogP contribution in [0, 0.1) is 3.57 Å². The van der Waals surface area contributed by atoms with Gasteiger partial charge in [-0.05, 0) is 59.8 Å². The number of carbonyl (C=O) groups is 3. The third kappa shape index (κ3) is 7.78. The molecule has 154 valence electrons. The van der Waals surface area contributed by atoms with E-state index in [9.17, 15) is 4.79 Å². The number of methoxy groups -OCH3 is 2. The summed E-state index contributed by atoms with van der Waals surface area (Å²) in [6.45, 7) is 1.80. The Balaban J connectivity index is 0.000000612. The molecule has 0 heterocycles. The van der Waals surface area contributed by atoms with Crippen LogP contribution in [0.15, 0.2) is 47.6 Å². The highest BCUT2D eigenvalue weighted by Crippen LogP contribution is 2.25. The third-order valence-corrected chi connectivity index (χ3v) is 4.06. The summed E-state index contributed by atoms with van der Waals surface area (Å²) in [5.74, 6) is -2.57. The van der Waals surface area contributed by atoms with E-state index in [1.807, 2.05) is 24.3 Å². The van der Waals surface area contributed by atoms with Gasteiger partial charge in [0.15, 0.2) is 0 Å². The maximum atomic E-state index is 12.1. The standard InChI is InChI=1S/C17H17IN2O3.C2H2O4/c1-11(15-8-7-14(22-2)10-16(15)23-3)19-20-17(21)12-5-4-6-13(18)9-12;3-1(4)2(5)6/h4-10H,1-3H3,(H,20,21);(H,3,4)(H,5,6)/b19-11-;. The lowest BCUT2D eigenvalue weighted by molar-refractivity contribution is -0.159. The van der Waals surface area contributed by atoms with Gasteiger partial charge >= 0.3 is 11.9 Å². The van der Waals surface area contributed by atoms with Crippen LogP contribution >= 0.6 is 22.6 Å². The van der Waals surface area contributed by atoms with Gasteiger partial charge in [-0.1, -0.05) is 6.07 Å². The van der Waals surface area contributed by atoms with Crippen molar-refractivity contribution in [1.82, 2.24) is 5.43 Å². The Hall–Kier alpha value is -3.15. The topological polar surface area (TPSA) is 135 Å². The molecule has 0 saturated heterocycles. The molecule has 0 aliphatic carbocycles. The first-order valence-corrected chi connectivity index (χ1v) is 9.06. The molecule has 0 saturated carbocycles. The van der Waals surface area contributed by atoms with E-state index < -0.39 is 11.9 Å². The van der Waals surface area contributed by atoms with Crippen LogP contribution in [0.3, 0.4) is 0 Å². The number of ether oxygens (including phenoxy) is 2. The van der Waals surface area contributed by atoms with Crippen molar-refractivity contribution in [2.24, 2.45) is 5.10 Å². The number of aliphatic carboxylic acids is 2. The van der Waals surface area contributed by atoms with E-state index in [0.29, 0.717) is 22.8 Å². The molecule has 1 amide bonds. The summed E-state index contributed by atoms with van der Waals surface area (Å²) in [5, 5.41) is 18.9. The highest BCUT2D eigenvalue weighted by molar-refractivity contribution is 14.1. The molecular formula is C19H19IN2O7. The van der Waals surface area contributed by atoms with Crippen molar-refractivity contribution in [2.75, 3.05) is 14.2 Å². The van der Waals surface area contributed by atoms with Gasteiger partial charge in [-0.15, -0.1) is 0 Å². The summed E-state index contributed by atoms with van der Waals surface area (Å²) >= 11 is 2.16. The molecule has 29 heavy (non-hydrogen) atoms. The minimum atomic E-state index is -1.82. The van der Waals surface area contributed by atoms with E-state index in [0.717, 1.165) is 9.13 Å². The molecule has 0 radical (unpaired) electrons. The number of carboxylic acids is 2. The number of carboxylic acid groups (broad SMARTS) is 2. The summed E-state index contributed by atoms with van der Waals surface area (Å²) in [4.78, 5) is 30.3. The summed E-state index contributed by atoms with van der Waals surface area (Å²) in [6.07, 6.45) is 0. The number of rotatable bonds is 5. The largest absolute Gasteiger partial charge is 0.497 e. The number of nitrogens with one attached hydrogen (secondary N) is 1. The van der Waals surface area contributed by atoms with Crippen molar-refractivity contribution >= 4 is 46.1 Å². The lowest BCUT2D eigenvalue weighted by atomic mass is 10.1. The molecule has 2 aromatic carbocycles. The Morgan fingerprint density at radius 2 is 1.66 bits per heavy atom. The van der Waals surface area contributed by atoms with Crippen molar-refractivity contribution in [3.05, 3.63) is 57.2 Å². The Morgan fingerprint density at radius 3 is 2.17 bits per heavy atom. The Labute approximate surface area is 180 Å². The summed E-state index contributed by atoms with van der Waals surface area (Å²) in [6, 6.07) is 12.7. The molecule has 0 unspecified atom stereocenters. The van der Waals surface area contributed by atoms with Crippen LogP contribution in [-0.4, -0.2) is 48.0 Å². The van der Waals surface area contributed by atoms with Crippen LogP contribution in [0.4, 0.5) is 0 Å². The molecule has 2 aromatic rings. The first-order valence-electron chi connectivity index (χ1n) is 7.98. The fourth-order valence-electron chi connectivity index (χ4n) is 1.99. The summed E-state index contributed by atoms with van der Waals surface area (Å²) < 4.78 is 11.5. The van der Waals surface area contributed by atoms with Gasteiger partial charge < -0.3 is 19.7 Å². The minimum Gasteiger partial charge on any atom is -0.497 e. The van der Waals surface area contributed by atoms with Crippen LogP contribution in [0.5, 0.6) is 11.5 Å². The number of amides is 1. The first-order chi connectivity index (χ1) is 13.7. The highest BCUT2D eigenvalue weighted by Gasteiger charge is 2.10. The lowest BCUT2D eigenvalue weighted by Crippen LogP contribution is -2.19. The molecule has 0 aromatic heterocycles. The molecule has 10 heteroatoms. The second kappa shape index (κ2) is 11.6. The molecule has 0 atom stereocenters. The third-order valence-electron chi connectivity index (χ3n) is 3.39. The van der Waals surface area contributed by atoms with E-state index in [2.05, 4.69) is 33.1 Å². The minimum absolute atomic E-state index is 0.254. The van der Waals surface area contributed by atoms with Gasteiger partial charge in [0.05, 0.1) is 19.9 Å². The summed E-state index contributed by atoms with van der Waals surface area (Å²) in [5.41, 5.74) is 4.56. The molecule has 0 bridgehead atoms. The summed E-state index contributed by atoms with van der Waals surface area (Å²) in [7, 11) is 3.17. The van der Waals surface area contributed by atoms with Gasteiger partial charge in [0.1, 0.15) is 11.5 Å². The van der Waals surface area contributed by atoms with Crippen LogP contribution in [-0.2, 0) is 9.59 Å². The molecule has 2 rings (SSSR count).